The Morgan fingerprint density at radius 3 is 1.97 bits per heavy atom. The molecule has 8 heteroatoms. The van der Waals surface area contributed by atoms with Crippen LogP contribution < -0.4 is 16.0 Å². The summed E-state index contributed by atoms with van der Waals surface area (Å²) >= 11 is 0. The van der Waals surface area contributed by atoms with Gasteiger partial charge in [-0.15, -0.1) is 0 Å². The molecule has 0 aromatic heterocycles. The van der Waals surface area contributed by atoms with Crippen LogP contribution in [0.15, 0.2) is 54.6 Å². The van der Waals surface area contributed by atoms with E-state index in [0.29, 0.717) is 12.7 Å². The van der Waals surface area contributed by atoms with Crippen LogP contribution in [0.4, 0.5) is 0 Å². The van der Waals surface area contributed by atoms with Crippen molar-refractivity contribution in [3.05, 3.63) is 65.7 Å². The Bertz CT molecular complexity index is 1010. The van der Waals surface area contributed by atoms with E-state index in [0.717, 1.165) is 11.1 Å². The molecular weight excluding hydrogens is 458 g/mol. The van der Waals surface area contributed by atoms with Crippen molar-refractivity contribution in [3.8, 4) is 5.75 Å². The van der Waals surface area contributed by atoms with Gasteiger partial charge in [-0.1, -0.05) is 70.2 Å². The van der Waals surface area contributed by atoms with Gasteiger partial charge in [0.1, 0.15) is 24.1 Å². The van der Waals surface area contributed by atoms with Gasteiger partial charge in [0.15, 0.2) is 0 Å². The Labute approximate surface area is 212 Å². The van der Waals surface area contributed by atoms with Gasteiger partial charge in [-0.05, 0) is 41.5 Å². The lowest BCUT2D eigenvalue weighted by Gasteiger charge is -2.26. The summed E-state index contributed by atoms with van der Waals surface area (Å²) in [5.74, 6) is -1.29. The van der Waals surface area contributed by atoms with E-state index in [1.54, 1.807) is 26.0 Å². The van der Waals surface area contributed by atoms with Crippen LogP contribution in [-0.4, -0.2) is 47.2 Å². The fraction of sp³-hybridized carbons (Fsp3) is 0.429. The summed E-state index contributed by atoms with van der Waals surface area (Å²) in [6, 6.07) is 13.2. The molecule has 0 aliphatic heterocycles. The molecule has 0 aliphatic carbocycles. The second-order valence-electron chi connectivity index (χ2n) is 9.76. The molecule has 0 bridgehead atoms. The van der Waals surface area contributed by atoms with Crippen molar-refractivity contribution in [3.63, 3.8) is 0 Å². The number of carbonyl (C=O) groups excluding carboxylic acids is 4. The van der Waals surface area contributed by atoms with Crippen molar-refractivity contribution < 1.29 is 24.3 Å². The summed E-state index contributed by atoms with van der Waals surface area (Å²) in [4.78, 5) is 50.5. The molecule has 0 spiro atoms. The van der Waals surface area contributed by atoms with Crippen LogP contribution in [0.5, 0.6) is 5.75 Å². The number of aromatic hydroxyl groups is 1. The molecule has 0 aliphatic rings. The van der Waals surface area contributed by atoms with E-state index >= 15 is 0 Å². The summed E-state index contributed by atoms with van der Waals surface area (Å²) in [5.41, 5.74) is 1.65. The Kier molecular flexibility index (Phi) is 11.1. The molecule has 4 N–H and O–H groups in total. The van der Waals surface area contributed by atoms with Gasteiger partial charge in [-0.25, -0.2) is 0 Å². The van der Waals surface area contributed by atoms with Crippen LogP contribution in [0.1, 0.15) is 45.2 Å². The number of phenolic OH excluding ortho intramolecular Hbond substituents is 1. The maximum atomic E-state index is 13.3. The van der Waals surface area contributed by atoms with Crippen LogP contribution in [0.2, 0.25) is 0 Å². The molecule has 1 unspecified atom stereocenters. The van der Waals surface area contributed by atoms with Gasteiger partial charge >= 0.3 is 0 Å². The van der Waals surface area contributed by atoms with Crippen LogP contribution >= 0.6 is 0 Å². The quantitative estimate of drug-likeness (QED) is 0.318. The first-order chi connectivity index (χ1) is 17.1. The number of amides is 3. The molecule has 3 amide bonds. The van der Waals surface area contributed by atoms with Gasteiger partial charge in [0.05, 0.1) is 6.04 Å². The monoisotopic (exact) mass is 495 g/mol. The molecule has 36 heavy (non-hydrogen) atoms. The van der Waals surface area contributed by atoms with Crippen molar-refractivity contribution in [2.24, 2.45) is 11.8 Å². The number of rotatable bonds is 13. The highest BCUT2D eigenvalue weighted by atomic mass is 16.3. The van der Waals surface area contributed by atoms with Gasteiger partial charge in [0.25, 0.3) is 0 Å². The van der Waals surface area contributed by atoms with E-state index in [1.165, 1.54) is 12.1 Å². The fourth-order valence-electron chi connectivity index (χ4n) is 3.76. The molecule has 3 atom stereocenters. The molecule has 2 rings (SSSR count). The number of hydrogen-bond acceptors (Lipinski definition) is 5. The first-order valence-corrected chi connectivity index (χ1v) is 12.3. The fourth-order valence-corrected chi connectivity index (χ4v) is 3.76. The van der Waals surface area contributed by atoms with E-state index in [9.17, 15) is 24.3 Å². The zero-order chi connectivity index (χ0) is 26.7. The summed E-state index contributed by atoms with van der Waals surface area (Å²) < 4.78 is 0. The first-order valence-electron chi connectivity index (χ1n) is 12.3. The number of hydrogen-bond donors (Lipinski definition) is 4. The molecule has 0 fully saturated rings. The smallest absolute Gasteiger partial charge is 0.243 e. The third-order valence-corrected chi connectivity index (χ3v) is 5.66. The lowest BCUT2D eigenvalue weighted by molar-refractivity contribution is -0.133. The van der Waals surface area contributed by atoms with E-state index in [-0.39, 0.29) is 36.3 Å². The van der Waals surface area contributed by atoms with Crippen molar-refractivity contribution in [1.82, 2.24) is 16.0 Å². The second kappa shape index (κ2) is 14.0. The topological polar surface area (TPSA) is 125 Å². The highest BCUT2D eigenvalue weighted by Gasteiger charge is 2.30. The summed E-state index contributed by atoms with van der Waals surface area (Å²) in [6.45, 7) is 7.41. The number of nitrogens with one attached hydrogen (secondary N) is 3. The van der Waals surface area contributed by atoms with Gasteiger partial charge in [-0.3, -0.25) is 14.4 Å². The largest absolute Gasteiger partial charge is 0.508 e. The minimum absolute atomic E-state index is 0.0976. The van der Waals surface area contributed by atoms with Crippen LogP contribution in [-0.2, 0) is 32.0 Å². The molecule has 194 valence electrons. The van der Waals surface area contributed by atoms with Gasteiger partial charge in [0, 0.05) is 12.8 Å². The van der Waals surface area contributed by atoms with Crippen molar-refractivity contribution >= 4 is 24.0 Å². The lowest BCUT2D eigenvalue weighted by Crippen LogP contribution is -2.57. The molecule has 0 radical (unpaired) electrons. The van der Waals surface area contributed by atoms with Crippen molar-refractivity contribution in [2.45, 2.75) is 65.1 Å². The SMILES string of the molecule is CC(C)CC(=O)N[C@@H](Cc1ccc(O)cc1)C(=O)N[C@H](C(=O)NC(C=O)Cc1ccccc1)C(C)C. The lowest BCUT2D eigenvalue weighted by atomic mass is 9.99. The molecule has 0 saturated carbocycles. The van der Waals surface area contributed by atoms with E-state index in [1.807, 2.05) is 44.2 Å². The van der Waals surface area contributed by atoms with Crippen LogP contribution in [0, 0.1) is 11.8 Å². The summed E-state index contributed by atoms with van der Waals surface area (Å²) in [5, 5.41) is 17.8. The normalized spacial score (nSPS) is 13.5. The Hall–Kier alpha value is -3.68. The number of benzene rings is 2. The van der Waals surface area contributed by atoms with E-state index in [4.69, 9.17) is 0 Å². The second-order valence-corrected chi connectivity index (χ2v) is 9.76. The van der Waals surface area contributed by atoms with Crippen molar-refractivity contribution in [1.29, 1.82) is 0 Å². The molecular formula is C28H37N3O5. The third-order valence-electron chi connectivity index (χ3n) is 5.66. The molecule has 2 aromatic carbocycles. The third kappa shape index (κ3) is 9.52. The van der Waals surface area contributed by atoms with Crippen LogP contribution in [0.3, 0.4) is 0 Å². The summed E-state index contributed by atoms with van der Waals surface area (Å²) in [6.07, 6.45) is 1.47. The minimum atomic E-state index is -0.916. The van der Waals surface area contributed by atoms with Gasteiger partial charge < -0.3 is 25.9 Å². The van der Waals surface area contributed by atoms with Gasteiger partial charge in [0.2, 0.25) is 17.7 Å². The Balaban J connectivity index is 2.14. The molecule has 2 aromatic rings. The summed E-state index contributed by atoms with van der Waals surface area (Å²) in [7, 11) is 0. The number of aldehydes is 1. The Morgan fingerprint density at radius 1 is 0.806 bits per heavy atom. The number of carbonyl (C=O) groups is 4. The number of phenols is 1. The predicted molar refractivity (Wildman–Crippen MR) is 138 cm³/mol. The maximum absolute atomic E-state index is 13.3. The van der Waals surface area contributed by atoms with E-state index in [2.05, 4.69) is 16.0 Å². The zero-order valence-electron chi connectivity index (χ0n) is 21.4. The predicted octanol–water partition coefficient (Wildman–Crippen LogP) is 2.53. The highest BCUT2D eigenvalue weighted by Crippen LogP contribution is 2.13. The molecule has 0 saturated heterocycles. The average molecular weight is 496 g/mol. The first kappa shape index (κ1) is 28.6. The standard InChI is InChI=1S/C28H37N3O5/c1-18(2)14-25(34)30-24(16-21-10-12-23(33)13-11-21)27(35)31-26(19(3)4)28(36)29-22(17-32)15-20-8-6-5-7-9-20/h5-13,17-19,22,24,26,33H,14-16H2,1-4H3,(H,29,36)(H,30,34)(H,31,35)/t22?,24-,26-/m0/s1. The highest BCUT2D eigenvalue weighted by molar-refractivity contribution is 5.93. The zero-order valence-corrected chi connectivity index (χ0v) is 21.4. The maximum Gasteiger partial charge on any atom is 0.243 e. The Morgan fingerprint density at radius 2 is 1.42 bits per heavy atom. The molecule has 8 nitrogen and oxygen atoms in total. The molecule has 0 heterocycles. The van der Waals surface area contributed by atoms with Crippen LogP contribution in [0.25, 0.3) is 0 Å². The van der Waals surface area contributed by atoms with Crippen molar-refractivity contribution in [2.75, 3.05) is 0 Å². The van der Waals surface area contributed by atoms with E-state index < -0.39 is 29.9 Å². The van der Waals surface area contributed by atoms with Gasteiger partial charge in [-0.2, -0.15) is 0 Å². The minimum Gasteiger partial charge on any atom is -0.508 e. The average Bonchev–Trinajstić information content (AvgIpc) is 2.82.